The van der Waals surface area contributed by atoms with Crippen LogP contribution >= 0.6 is 15.9 Å². The lowest BCUT2D eigenvalue weighted by Crippen LogP contribution is -2.00. The zero-order chi connectivity index (χ0) is 21.0. The monoisotopic (exact) mass is 463 g/mol. The van der Waals surface area contributed by atoms with E-state index < -0.39 is 0 Å². The Morgan fingerprint density at radius 1 is 0.387 bits per heavy atom. The molecule has 0 aliphatic carbocycles. The molecule has 0 aliphatic rings. The molecule has 0 radical (unpaired) electrons. The van der Waals surface area contributed by atoms with Crippen molar-refractivity contribution in [3.8, 4) is 45.3 Å². The van der Waals surface area contributed by atoms with Gasteiger partial charge in [0.1, 0.15) is 0 Å². The van der Waals surface area contributed by atoms with Gasteiger partial charge in [0, 0.05) is 21.2 Å². The van der Waals surface area contributed by atoms with Gasteiger partial charge >= 0.3 is 0 Å². The number of benzene rings is 4. The van der Waals surface area contributed by atoms with Crippen LogP contribution in [0.2, 0.25) is 0 Å². The van der Waals surface area contributed by atoms with Crippen molar-refractivity contribution in [1.29, 1.82) is 0 Å². The number of nitrogens with zero attached hydrogens (tertiary/aromatic N) is 3. The first-order valence-electron chi connectivity index (χ1n) is 9.99. The third kappa shape index (κ3) is 4.30. The first-order valence-corrected chi connectivity index (χ1v) is 10.8. The van der Waals surface area contributed by atoms with E-state index in [0.717, 1.165) is 26.7 Å². The van der Waals surface area contributed by atoms with E-state index in [4.69, 9.17) is 15.0 Å². The van der Waals surface area contributed by atoms with Crippen LogP contribution in [0.4, 0.5) is 0 Å². The summed E-state index contributed by atoms with van der Waals surface area (Å²) in [4.78, 5) is 14.4. The molecule has 0 bridgehead atoms. The fourth-order valence-corrected chi connectivity index (χ4v) is 3.82. The van der Waals surface area contributed by atoms with Gasteiger partial charge in [0.15, 0.2) is 17.5 Å². The molecule has 0 amide bonds. The van der Waals surface area contributed by atoms with Crippen molar-refractivity contribution in [2.75, 3.05) is 0 Å². The van der Waals surface area contributed by atoms with Gasteiger partial charge in [-0.1, -0.05) is 113 Å². The van der Waals surface area contributed by atoms with Crippen LogP contribution in [-0.4, -0.2) is 15.0 Å². The fraction of sp³-hybridized carbons (Fsp3) is 0. The molecule has 1 aromatic heterocycles. The molecule has 0 aliphatic heterocycles. The van der Waals surface area contributed by atoms with Crippen molar-refractivity contribution < 1.29 is 0 Å². The molecule has 0 saturated carbocycles. The highest BCUT2D eigenvalue weighted by atomic mass is 79.9. The quantitative estimate of drug-likeness (QED) is 0.280. The Hall–Kier alpha value is -3.63. The van der Waals surface area contributed by atoms with Crippen molar-refractivity contribution in [2.45, 2.75) is 0 Å². The van der Waals surface area contributed by atoms with Crippen LogP contribution < -0.4 is 0 Å². The largest absolute Gasteiger partial charge is 0.208 e. The Balaban J connectivity index is 1.61. The van der Waals surface area contributed by atoms with Gasteiger partial charge in [-0.15, -0.1) is 0 Å². The van der Waals surface area contributed by atoms with Gasteiger partial charge in [0.2, 0.25) is 0 Å². The molecule has 4 heteroatoms. The number of rotatable bonds is 4. The predicted molar refractivity (Wildman–Crippen MR) is 129 cm³/mol. The van der Waals surface area contributed by atoms with Crippen LogP contribution in [0.5, 0.6) is 0 Å². The minimum Gasteiger partial charge on any atom is -0.208 e. The molecule has 31 heavy (non-hydrogen) atoms. The Labute approximate surface area is 189 Å². The highest BCUT2D eigenvalue weighted by molar-refractivity contribution is 9.10. The van der Waals surface area contributed by atoms with E-state index in [2.05, 4.69) is 52.3 Å². The zero-order valence-corrected chi connectivity index (χ0v) is 18.2. The first kappa shape index (κ1) is 19.3. The van der Waals surface area contributed by atoms with Crippen molar-refractivity contribution in [3.05, 3.63) is 114 Å². The van der Waals surface area contributed by atoms with Crippen molar-refractivity contribution in [3.63, 3.8) is 0 Å². The zero-order valence-electron chi connectivity index (χ0n) is 16.6. The van der Waals surface area contributed by atoms with Crippen LogP contribution in [0.25, 0.3) is 45.3 Å². The summed E-state index contributed by atoms with van der Waals surface area (Å²) in [6, 6.07) is 36.7. The normalized spacial score (nSPS) is 10.7. The second kappa shape index (κ2) is 8.62. The number of hydrogen-bond donors (Lipinski definition) is 0. The summed E-state index contributed by atoms with van der Waals surface area (Å²) in [5, 5.41) is 0. The standard InChI is InChI=1S/C27H18BrN3/c28-24-13-7-12-23(18-24)27-30-25(21-10-5-2-6-11-21)29-26(31-27)22-16-14-20(15-17-22)19-8-3-1-4-9-19/h1-18H. The van der Waals surface area contributed by atoms with Crippen molar-refractivity contribution >= 4 is 15.9 Å². The summed E-state index contributed by atoms with van der Waals surface area (Å²) in [5.74, 6) is 1.97. The summed E-state index contributed by atoms with van der Waals surface area (Å²) < 4.78 is 0.987. The molecule has 0 N–H and O–H groups in total. The molecule has 5 rings (SSSR count). The maximum absolute atomic E-state index is 4.80. The highest BCUT2D eigenvalue weighted by Crippen LogP contribution is 2.27. The molecule has 1 heterocycles. The Kier molecular flexibility index (Phi) is 5.38. The van der Waals surface area contributed by atoms with Crippen LogP contribution in [0, 0.1) is 0 Å². The number of hydrogen-bond acceptors (Lipinski definition) is 3. The lowest BCUT2D eigenvalue weighted by molar-refractivity contribution is 1.07. The predicted octanol–water partition coefficient (Wildman–Crippen LogP) is 7.30. The lowest BCUT2D eigenvalue weighted by Gasteiger charge is -2.09. The van der Waals surface area contributed by atoms with Gasteiger partial charge in [0.05, 0.1) is 0 Å². The smallest absolute Gasteiger partial charge is 0.164 e. The third-order valence-corrected chi connectivity index (χ3v) is 5.49. The van der Waals surface area contributed by atoms with Crippen molar-refractivity contribution in [2.24, 2.45) is 0 Å². The van der Waals surface area contributed by atoms with Crippen molar-refractivity contribution in [1.82, 2.24) is 15.0 Å². The molecule has 3 nitrogen and oxygen atoms in total. The van der Waals surface area contributed by atoms with Crippen LogP contribution in [-0.2, 0) is 0 Å². The Morgan fingerprint density at radius 3 is 1.39 bits per heavy atom. The number of halogens is 1. The molecule has 4 aromatic carbocycles. The van der Waals surface area contributed by atoms with Crippen LogP contribution in [0.3, 0.4) is 0 Å². The molecule has 0 unspecified atom stereocenters. The SMILES string of the molecule is Brc1cccc(-c2nc(-c3ccccc3)nc(-c3ccc(-c4ccccc4)cc3)n2)c1. The average molecular weight is 464 g/mol. The topological polar surface area (TPSA) is 38.7 Å². The average Bonchev–Trinajstić information content (AvgIpc) is 2.85. The Bertz CT molecular complexity index is 1320. The second-order valence-electron chi connectivity index (χ2n) is 7.13. The number of aromatic nitrogens is 3. The minimum absolute atomic E-state index is 0.650. The van der Waals surface area contributed by atoms with E-state index in [9.17, 15) is 0 Å². The van der Waals surface area contributed by atoms with E-state index in [1.165, 1.54) is 5.56 Å². The minimum atomic E-state index is 0.650. The molecule has 0 fully saturated rings. The second-order valence-corrected chi connectivity index (χ2v) is 8.04. The van der Waals surface area contributed by atoms with Gasteiger partial charge in [-0.3, -0.25) is 0 Å². The maximum Gasteiger partial charge on any atom is 0.164 e. The molecule has 148 valence electrons. The summed E-state index contributed by atoms with van der Waals surface area (Å²) >= 11 is 3.55. The molecule has 0 saturated heterocycles. The van der Waals surface area contributed by atoms with Gasteiger partial charge in [-0.25, -0.2) is 15.0 Å². The molecule has 0 spiro atoms. The molecular weight excluding hydrogens is 446 g/mol. The first-order chi connectivity index (χ1) is 15.3. The Morgan fingerprint density at radius 2 is 0.806 bits per heavy atom. The summed E-state index contributed by atoms with van der Waals surface area (Å²) in [5.41, 5.74) is 5.20. The van der Waals surface area contributed by atoms with Gasteiger partial charge < -0.3 is 0 Å². The van der Waals surface area contributed by atoms with E-state index in [1.807, 2.05) is 72.8 Å². The maximum atomic E-state index is 4.80. The third-order valence-electron chi connectivity index (χ3n) is 5.00. The molecule has 0 atom stereocenters. The van der Waals surface area contributed by atoms with Gasteiger partial charge in [-0.2, -0.15) is 0 Å². The van der Waals surface area contributed by atoms with E-state index >= 15 is 0 Å². The van der Waals surface area contributed by atoms with Crippen LogP contribution in [0.1, 0.15) is 0 Å². The van der Waals surface area contributed by atoms with E-state index in [1.54, 1.807) is 0 Å². The molecular formula is C27H18BrN3. The van der Waals surface area contributed by atoms with E-state index in [0.29, 0.717) is 17.5 Å². The summed E-state index contributed by atoms with van der Waals surface area (Å²) in [6.45, 7) is 0. The lowest BCUT2D eigenvalue weighted by atomic mass is 10.0. The van der Waals surface area contributed by atoms with Crippen LogP contribution in [0.15, 0.2) is 114 Å². The fourth-order valence-electron chi connectivity index (χ4n) is 3.42. The van der Waals surface area contributed by atoms with Gasteiger partial charge in [0.25, 0.3) is 0 Å². The highest BCUT2D eigenvalue weighted by Gasteiger charge is 2.12. The van der Waals surface area contributed by atoms with E-state index in [-0.39, 0.29) is 0 Å². The summed E-state index contributed by atoms with van der Waals surface area (Å²) in [7, 11) is 0. The molecule has 5 aromatic rings. The van der Waals surface area contributed by atoms with Gasteiger partial charge in [-0.05, 0) is 23.3 Å². The summed E-state index contributed by atoms with van der Waals surface area (Å²) in [6.07, 6.45) is 0.